The van der Waals surface area contributed by atoms with E-state index in [-0.39, 0.29) is 5.91 Å². The van der Waals surface area contributed by atoms with E-state index in [1.165, 1.54) is 13.0 Å². The van der Waals surface area contributed by atoms with Gasteiger partial charge < -0.3 is 20.9 Å². The number of likely N-dealkylation sites (N-methyl/N-ethyl adjacent to an activating group) is 1. The molecule has 1 saturated heterocycles. The minimum atomic E-state index is 0.0625. The lowest BCUT2D eigenvalue weighted by atomic mass is 10.2. The summed E-state index contributed by atoms with van der Waals surface area (Å²) < 4.78 is 0. The van der Waals surface area contributed by atoms with E-state index < -0.39 is 0 Å². The fraction of sp³-hybridized carbons (Fsp3) is 0.562. The van der Waals surface area contributed by atoms with Crippen LogP contribution in [-0.2, 0) is 4.79 Å². The molecule has 1 aliphatic heterocycles. The molecule has 5 nitrogen and oxygen atoms in total. The van der Waals surface area contributed by atoms with E-state index in [1.54, 1.807) is 6.07 Å². The van der Waals surface area contributed by atoms with Crippen LogP contribution in [0.25, 0.3) is 0 Å². The third-order valence-electron chi connectivity index (χ3n) is 3.86. The Kier molecular flexibility index (Phi) is 6.02. The Morgan fingerprint density at radius 2 is 2.14 bits per heavy atom. The lowest BCUT2D eigenvalue weighted by Gasteiger charge is -2.19. The summed E-state index contributed by atoms with van der Waals surface area (Å²) in [6.45, 7) is 5.54. The van der Waals surface area contributed by atoms with Crippen LogP contribution in [0, 0.1) is 0 Å². The largest absolute Gasteiger partial charge is 0.399 e. The fourth-order valence-corrected chi connectivity index (χ4v) is 2.63. The highest BCUT2D eigenvalue weighted by atomic mass is 16.1. The maximum atomic E-state index is 11.9. The minimum absolute atomic E-state index is 0.0625. The molecule has 1 heterocycles. The summed E-state index contributed by atoms with van der Waals surface area (Å²) in [5, 5.41) is 2.89. The molecule has 2 rings (SSSR count). The standard InChI is InChI=1S/C16H26N4O/c1-19-8-4-10-20(12-11-19)9-3-7-16(21)18-15-6-2-5-14(17)13-15/h2,5-6,13H,3-4,7-12,17H2,1H3,(H,18,21). The van der Waals surface area contributed by atoms with Gasteiger partial charge in [-0.15, -0.1) is 0 Å². The highest BCUT2D eigenvalue weighted by Gasteiger charge is 2.12. The summed E-state index contributed by atoms with van der Waals surface area (Å²) in [5.41, 5.74) is 7.14. The molecular weight excluding hydrogens is 264 g/mol. The average Bonchev–Trinajstić information content (AvgIpc) is 2.64. The molecular formula is C16H26N4O. The number of carbonyl (C=O) groups is 1. The number of hydrogen-bond acceptors (Lipinski definition) is 4. The lowest BCUT2D eigenvalue weighted by Crippen LogP contribution is -2.30. The van der Waals surface area contributed by atoms with Crippen molar-refractivity contribution in [1.29, 1.82) is 0 Å². The first-order valence-electron chi connectivity index (χ1n) is 7.70. The van der Waals surface area contributed by atoms with E-state index in [1.807, 2.05) is 18.2 Å². The molecule has 0 aromatic heterocycles. The van der Waals surface area contributed by atoms with Gasteiger partial charge in [0.05, 0.1) is 0 Å². The summed E-state index contributed by atoms with van der Waals surface area (Å²) >= 11 is 0. The molecule has 0 aliphatic carbocycles. The van der Waals surface area contributed by atoms with E-state index >= 15 is 0 Å². The van der Waals surface area contributed by atoms with Gasteiger partial charge in [-0.2, -0.15) is 0 Å². The first-order valence-corrected chi connectivity index (χ1v) is 7.70. The second-order valence-electron chi connectivity index (χ2n) is 5.78. The molecule has 0 bridgehead atoms. The Hall–Kier alpha value is -1.59. The Balaban J connectivity index is 1.67. The summed E-state index contributed by atoms with van der Waals surface area (Å²) in [4.78, 5) is 16.7. The first-order chi connectivity index (χ1) is 10.1. The van der Waals surface area contributed by atoms with Gasteiger partial charge in [-0.25, -0.2) is 0 Å². The van der Waals surface area contributed by atoms with Gasteiger partial charge >= 0.3 is 0 Å². The lowest BCUT2D eigenvalue weighted by molar-refractivity contribution is -0.116. The Morgan fingerprint density at radius 3 is 2.95 bits per heavy atom. The van der Waals surface area contributed by atoms with Crippen molar-refractivity contribution >= 4 is 17.3 Å². The van der Waals surface area contributed by atoms with E-state index in [4.69, 9.17) is 5.73 Å². The zero-order valence-electron chi connectivity index (χ0n) is 12.8. The van der Waals surface area contributed by atoms with Crippen molar-refractivity contribution in [2.45, 2.75) is 19.3 Å². The van der Waals surface area contributed by atoms with Crippen LogP contribution < -0.4 is 11.1 Å². The van der Waals surface area contributed by atoms with Crippen LogP contribution in [0.2, 0.25) is 0 Å². The molecule has 1 aromatic carbocycles. The molecule has 1 fully saturated rings. The van der Waals surface area contributed by atoms with Crippen LogP contribution in [0.15, 0.2) is 24.3 Å². The molecule has 0 radical (unpaired) electrons. The highest BCUT2D eigenvalue weighted by Crippen LogP contribution is 2.12. The predicted molar refractivity (Wildman–Crippen MR) is 87.3 cm³/mol. The van der Waals surface area contributed by atoms with E-state index in [9.17, 15) is 4.79 Å². The number of nitrogens with one attached hydrogen (secondary N) is 1. The number of nitrogen functional groups attached to an aromatic ring is 1. The topological polar surface area (TPSA) is 61.6 Å². The van der Waals surface area contributed by atoms with Gasteiger partial charge in [-0.3, -0.25) is 4.79 Å². The number of nitrogens with two attached hydrogens (primary N) is 1. The van der Waals surface area contributed by atoms with Gasteiger partial charge in [0.1, 0.15) is 0 Å². The monoisotopic (exact) mass is 290 g/mol. The van der Waals surface area contributed by atoms with Crippen LogP contribution in [0.3, 0.4) is 0 Å². The van der Waals surface area contributed by atoms with Crippen LogP contribution in [0.5, 0.6) is 0 Å². The molecule has 1 aliphatic rings. The Bertz CT molecular complexity index is 463. The van der Waals surface area contributed by atoms with Crippen molar-refractivity contribution in [3.05, 3.63) is 24.3 Å². The molecule has 0 saturated carbocycles. The molecule has 0 spiro atoms. The number of anilines is 2. The van der Waals surface area contributed by atoms with Crippen LogP contribution in [0.1, 0.15) is 19.3 Å². The van der Waals surface area contributed by atoms with E-state index in [2.05, 4.69) is 22.2 Å². The van der Waals surface area contributed by atoms with Crippen molar-refractivity contribution in [2.75, 3.05) is 50.8 Å². The Morgan fingerprint density at radius 1 is 1.29 bits per heavy atom. The summed E-state index contributed by atoms with van der Waals surface area (Å²) in [5.74, 6) is 0.0625. The first kappa shape index (κ1) is 15.8. The zero-order valence-corrected chi connectivity index (χ0v) is 12.8. The Labute approximate surface area is 127 Å². The molecule has 1 amide bonds. The van der Waals surface area contributed by atoms with Crippen LogP contribution in [-0.4, -0.2) is 55.5 Å². The fourth-order valence-electron chi connectivity index (χ4n) is 2.63. The third-order valence-corrected chi connectivity index (χ3v) is 3.86. The van der Waals surface area contributed by atoms with Crippen LogP contribution >= 0.6 is 0 Å². The average molecular weight is 290 g/mol. The number of carbonyl (C=O) groups excluding carboxylic acids is 1. The summed E-state index contributed by atoms with van der Waals surface area (Å²) in [7, 11) is 2.17. The quantitative estimate of drug-likeness (QED) is 0.809. The zero-order chi connectivity index (χ0) is 15.1. The highest BCUT2D eigenvalue weighted by molar-refractivity contribution is 5.91. The number of benzene rings is 1. The van der Waals surface area contributed by atoms with E-state index in [0.717, 1.165) is 38.3 Å². The second-order valence-corrected chi connectivity index (χ2v) is 5.78. The second kappa shape index (κ2) is 8.00. The van der Waals surface area contributed by atoms with Crippen molar-refractivity contribution < 1.29 is 4.79 Å². The molecule has 116 valence electrons. The van der Waals surface area contributed by atoms with Gasteiger partial charge in [-0.1, -0.05) is 6.07 Å². The molecule has 1 aromatic rings. The van der Waals surface area contributed by atoms with Gasteiger partial charge in [0.2, 0.25) is 5.91 Å². The van der Waals surface area contributed by atoms with E-state index in [0.29, 0.717) is 12.1 Å². The van der Waals surface area contributed by atoms with Gasteiger partial charge in [0.15, 0.2) is 0 Å². The third kappa shape index (κ3) is 5.73. The van der Waals surface area contributed by atoms with Crippen molar-refractivity contribution in [2.24, 2.45) is 0 Å². The molecule has 3 N–H and O–H groups in total. The molecule has 0 atom stereocenters. The summed E-state index contributed by atoms with van der Waals surface area (Å²) in [6, 6.07) is 7.30. The van der Waals surface area contributed by atoms with Crippen molar-refractivity contribution in [3.8, 4) is 0 Å². The van der Waals surface area contributed by atoms with Gasteiger partial charge in [0.25, 0.3) is 0 Å². The van der Waals surface area contributed by atoms with Gasteiger partial charge in [0, 0.05) is 30.9 Å². The minimum Gasteiger partial charge on any atom is -0.399 e. The van der Waals surface area contributed by atoms with Gasteiger partial charge in [-0.05, 0) is 57.7 Å². The smallest absolute Gasteiger partial charge is 0.224 e. The number of nitrogens with zero attached hydrogens (tertiary/aromatic N) is 2. The predicted octanol–water partition coefficient (Wildman–Crippen LogP) is 1.62. The summed E-state index contributed by atoms with van der Waals surface area (Å²) in [6.07, 6.45) is 2.67. The number of hydrogen-bond donors (Lipinski definition) is 2. The van der Waals surface area contributed by atoms with Crippen LogP contribution in [0.4, 0.5) is 11.4 Å². The van der Waals surface area contributed by atoms with Crippen molar-refractivity contribution in [1.82, 2.24) is 9.80 Å². The normalized spacial score (nSPS) is 17.4. The maximum Gasteiger partial charge on any atom is 0.224 e. The molecule has 0 unspecified atom stereocenters. The van der Waals surface area contributed by atoms with Crippen molar-refractivity contribution in [3.63, 3.8) is 0 Å². The maximum absolute atomic E-state index is 11.9. The SMILES string of the molecule is CN1CCCN(CCCC(=O)Nc2cccc(N)c2)CC1. The molecule has 21 heavy (non-hydrogen) atoms. The number of rotatable bonds is 5. The molecule has 5 heteroatoms. The number of amides is 1.